The Hall–Kier alpha value is -5.44. The molecule has 0 aliphatic carbocycles. The maximum Gasteiger partial charge on any atom is 0.272 e. The van der Waals surface area contributed by atoms with Gasteiger partial charge in [0.25, 0.3) is 17.7 Å². The number of aromatic nitrogens is 3. The molecule has 0 saturated carbocycles. The van der Waals surface area contributed by atoms with Crippen LogP contribution in [0.2, 0.25) is 0 Å². The molecule has 0 fully saturated rings. The van der Waals surface area contributed by atoms with Crippen LogP contribution in [-0.4, -0.2) is 38.9 Å². The van der Waals surface area contributed by atoms with Gasteiger partial charge in [-0.3, -0.25) is 19.4 Å². The Morgan fingerprint density at radius 3 is 2.00 bits per heavy atom. The number of anilines is 2. The van der Waals surface area contributed by atoms with Crippen molar-refractivity contribution in [2.45, 2.75) is 0 Å². The average molecular weight is 533 g/mol. The Labute approximate surface area is 231 Å². The first-order chi connectivity index (χ1) is 19.3. The lowest BCUT2D eigenvalue weighted by Crippen LogP contribution is -2.20. The Morgan fingerprint density at radius 1 is 0.725 bits per heavy atom. The molecule has 40 heavy (non-hydrogen) atoms. The molecule has 3 N–H and O–H groups in total. The summed E-state index contributed by atoms with van der Waals surface area (Å²) < 4.78 is 3.26. The van der Waals surface area contributed by atoms with Gasteiger partial charge in [-0.1, -0.05) is 42.5 Å². The van der Waals surface area contributed by atoms with Gasteiger partial charge < -0.3 is 25.1 Å². The van der Waals surface area contributed by atoms with Crippen LogP contribution in [-0.2, 0) is 14.1 Å². The zero-order valence-electron chi connectivity index (χ0n) is 22.3. The van der Waals surface area contributed by atoms with E-state index in [4.69, 9.17) is 0 Å². The molecule has 9 nitrogen and oxygen atoms in total. The molecule has 3 aromatic heterocycles. The minimum atomic E-state index is -0.366. The molecular weight excluding hydrogens is 504 g/mol. The van der Waals surface area contributed by atoms with Gasteiger partial charge in [-0.2, -0.15) is 0 Å². The van der Waals surface area contributed by atoms with Gasteiger partial charge in [0.05, 0.1) is 16.9 Å². The third-order valence-electron chi connectivity index (χ3n) is 6.47. The van der Waals surface area contributed by atoms with Gasteiger partial charge in [-0.15, -0.1) is 0 Å². The number of rotatable bonds is 7. The summed E-state index contributed by atoms with van der Waals surface area (Å²) in [5.41, 5.74) is 5.13. The van der Waals surface area contributed by atoms with E-state index in [2.05, 4.69) is 27.0 Å². The number of para-hydroxylation sites is 1. The predicted molar refractivity (Wildman–Crippen MR) is 157 cm³/mol. The fourth-order valence-corrected chi connectivity index (χ4v) is 4.36. The maximum absolute atomic E-state index is 12.9. The lowest BCUT2D eigenvalue weighted by atomic mass is 10.1. The van der Waals surface area contributed by atoms with Crippen LogP contribution in [0.5, 0.6) is 0 Å². The number of carbonyl (C=O) groups excluding carboxylic acids is 3. The van der Waals surface area contributed by atoms with E-state index in [1.165, 1.54) is 0 Å². The number of nitrogens with one attached hydrogen (secondary N) is 3. The number of fused-ring (bicyclic) bond motifs is 1. The van der Waals surface area contributed by atoms with Gasteiger partial charge in [-0.05, 0) is 47.5 Å². The van der Waals surface area contributed by atoms with E-state index in [-0.39, 0.29) is 17.7 Å². The van der Waals surface area contributed by atoms with E-state index in [9.17, 15) is 14.4 Å². The predicted octanol–water partition coefficient (Wildman–Crippen LogP) is 4.95. The number of pyridine rings is 1. The summed E-state index contributed by atoms with van der Waals surface area (Å²) in [5, 5.41) is 9.28. The summed E-state index contributed by atoms with van der Waals surface area (Å²) in [6.45, 7) is 0. The van der Waals surface area contributed by atoms with Crippen molar-refractivity contribution in [1.82, 2.24) is 19.4 Å². The van der Waals surface area contributed by atoms with Crippen LogP contribution in [0.1, 0.15) is 42.5 Å². The Bertz CT molecular complexity index is 1760. The van der Waals surface area contributed by atoms with Crippen molar-refractivity contribution in [3.05, 3.63) is 113 Å². The number of hydrogen-bond donors (Lipinski definition) is 3. The molecule has 3 heterocycles. The van der Waals surface area contributed by atoms with Gasteiger partial charge in [0, 0.05) is 50.7 Å². The second kappa shape index (κ2) is 11.1. The fraction of sp³-hybridized carbons (Fsp3) is 0.0968. The highest BCUT2D eigenvalue weighted by molar-refractivity contribution is 6.07. The highest BCUT2D eigenvalue weighted by atomic mass is 16.2. The van der Waals surface area contributed by atoms with Crippen LogP contribution in [0.15, 0.2) is 85.3 Å². The standard InChI is InChI=1S/C31H28N6O3/c1-32-30(39)27-15-25(19-36(27)2)35-31(40)28-16-24(18-37(28)3)34-29(38)22-12-10-20(11-13-22)8-9-21-14-23-6-4-5-7-26(23)33-17-21/h4-19H,1-3H3,(H,32,39)(H,34,38)(H,35,40)/b9-8+. The van der Waals surface area contributed by atoms with Crippen molar-refractivity contribution in [3.8, 4) is 0 Å². The van der Waals surface area contributed by atoms with Crippen LogP contribution in [0.4, 0.5) is 11.4 Å². The van der Waals surface area contributed by atoms with Gasteiger partial charge in [0.1, 0.15) is 11.4 Å². The molecule has 9 heteroatoms. The third kappa shape index (κ3) is 5.68. The highest BCUT2D eigenvalue weighted by Gasteiger charge is 2.17. The van der Waals surface area contributed by atoms with Crippen molar-refractivity contribution in [1.29, 1.82) is 0 Å². The van der Waals surface area contributed by atoms with E-state index in [0.29, 0.717) is 28.3 Å². The highest BCUT2D eigenvalue weighted by Crippen LogP contribution is 2.19. The molecule has 0 unspecified atom stereocenters. The van der Waals surface area contributed by atoms with E-state index in [1.807, 2.05) is 54.7 Å². The van der Waals surface area contributed by atoms with Crippen molar-refractivity contribution < 1.29 is 14.4 Å². The van der Waals surface area contributed by atoms with Gasteiger partial charge in [-0.25, -0.2) is 0 Å². The smallest absolute Gasteiger partial charge is 0.272 e. The molecule has 0 aliphatic rings. The van der Waals surface area contributed by atoms with Crippen LogP contribution < -0.4 is 16.0 Å². The summed E-state index contributed by atoms with van der Waals surface area (Å²) in [5.74, 6) is -0.905. The van der Waals surface area contributed by atoms with Crippen LogP contribution >= 0.6 is 0 Å². The summed E-state index contributed by atoms with van der Waals surface area (Å²) in [6.07, 6.45) is 9.12. The molecule has 0 spiro atoms. The molecule has 200 valence electrons. The number of carbonyl (C=O) groups is 3. The Kier molecular flexibility index (Phi) is 7.28. The minimum Gasteiger partial charge on any atom is -0.354 e. The number of aryl methyl sites for hydroxylation is 2. The molecule has 2 aromatic carbocycles. The minimum absolute atomic E-state index is 0.252. The van der Waals surface area contributed by atoms with Crippen LogP contribution in [0.3, 0.4) is 0 Å². The third-order valence-corrected chi connectivity index (χ3v) is 6.47. The number of nitrogens with zero attached hydrogens (tertiary/aromatic N) is 3. The lowest BCUT2D eigenvalue weighted by Gasteiger charge is -2.03. The largest absolute Gasteiger partial charge is 0.354 e. The van der Waals surface area contributed by atoms with Gasteiger partial charge in [0.15, 0.2) is 0 Å². The summed E-state index contributed by atoms with van der Waals surface area (Å²) in [6, 6.07) is 20.5. The monoisotopic (exact) mass is 532 g/mol. The molecule has 0 bridgehead atoms. The lowest BCUT2D eigenvalue weighted by molar-refractivity contribution is 0.0953. The Morgan fingerprint density at radius 2 is 1.32 bits per heavy atom. The molecule has 0 aliphatic heterocycles. The van der Waals surface area contributed by atoms with Crippen molar-refractivity contribution >= 4 is 52.2 Å². The molecule has 0 saturated heterocycles. The normalized spacial score (nSPS) is 11.1. The summed E-state index contributed by atoms with van der Waals surface area (Å²) in [7, 11) is 4.99. The molecular formula is C31H28N6O3. The first kappa shape index (κ1) is 26.2. The molecule has 5 aromatic rings. The number of amides is 3. The van der Waals surface area contributed by atoms with Crippen LogP contribution in [0.25, 0.3) is 23.1 Å². The topological polar surface area (TPSA) is 110 Å². The first-order valence-corrected chi connectivity index (χ1v) is 12.6. The fourth-order valence-electron chi connectivity index (χ4n) is 4.36. The van der Waals surface area contributed by atoms with E-state index in [0.717, 1.165) is 22.0 Å². The van der Waals surface area contributed by atoms with Crippen molar-refractivity contribution in [2.75, 3.05) is 17.7 Å². The number of hydrogen-bond acceptors (Lipinski definition) is 4. The van der Waals surface area contributed by atoms with E-state index in [1.54, 1.807) is 66.9 Å². The first-order valence-electron chi connectivity index (χ1n) is 12.6. The van der Waals surface area contributed by atoms with Crippen molar-refractivity contribution in [2.24, 2.45) is 14.1 Å². The summed E-state index contributed by atoms with van der Waals surface area (Å²) >= 11 is 0. The quantitative estimate of drug-likeness (QED) is 0.276. The number of benzene rings is 2. The van der Waals surface area contributed by atoms with E-state index >= 15 is 0 Å². The Balaban J connectivity index is 1.22. The molecule has 3 amide bonds. The van der Waals surface area contributed by atoms with Crippen LogP contribution in [0, 0.1) is 0 Å². The zero-order valence-corrected chi connectivity index (χ0v) is 22.3. The summed E-state index contributed by atoms with van der Waals surface area (Å²) in [4.78, 5) is 42.1. The average Bonchev–Trinajstić information content (AvgIpc) is 3.52. The van der Waals surface area contributed by atoms with E-state index < -0.39 is 0 Å². The zero-order chi connectivity index (χ0) is 28.2. The molecule has 0 radical (unpaired) electrons. The van der Waals surface area contributed by atoms with Crippen molar-refractivity contribution in [3.63, 3.8) is 0 Å². The maximum atomic E-state index is 12.9. The second-order valence-electron chi connectivity index (χ2n) is 9.35. The SMILES string of the molecule is CNC(=O)c1cc(NC(=O)c2cc(NC(=O)c3ccc(/C=C/c4cnc5ccccc5c4)cc3)cn2C)cn1C. The molecule has 5 rings (SSSR count). The van der Waals surface area contributed by atoms with Gasteiger partial charge >= 0.3 is 0 Å². The van der Waals surface area contributed by atoms with Gasteiger partial charge in [0.2, 0.25) is 0 Å². The second-order valence-corrected chi connectivity index (χ2v) is 9.35. The molecule has 0 atom stereocenters.